The van der Waals surface area contributed by atoms with Crippen LogP contribution in [0.2, 0.25) is 0 Å². The van der Waals surface area contributed by atoms with Gasteiger partial charge in [-0.3, -0.25) is 0 Å². The minimum atomic E-state index is -1.67. The Morgan fingerprint density at radius 1 is 0.481 bits per heavy atom. The lowest BCUT2D eigenvalue weighted by Crippen LogP contribution is -2.53. The minimum Gasteiger partial charge on any atom is -0.460 e. The molecule has 18 nitrogen and oxygen atoms in total. The number of hydrogen-bond acceptors (Lipinski definition) is 18. The highest BCUT2D eigenvalue weighted by Crippen LogP contribution is 2.19. The maximum absolute atomic E-state index is 12.4. The fourth-order valence-electron chi connectivity index (χ4n) is 3.80. The Kier molecular flexibility index (Phi) is 27.5. The van der Waals surface area contributed by atoms with E-state index in [9.17, 15) is 49.5 Å². The van der Waals surface area contributed by atoms with Crippen molar-refractivity contribution < 1.29 is 87.4 Å². The van der Waals surface area contributed by atoms with Gasteiger partial charge in [0.1, 0.15) is 75.3 Å². The first-order valence-electron chi connectivity index (χ1n) is 16.3. The average Bonchev–Trinajstić information content (AvgIpc) is 3.11. The lowest BCUT2D eigenvalue weighted by atomic mass is 10.0. The standard InChI is InChI=1S/C34H52O18/c1-5-9-29(41)47-17-23(37)15-45-27(13-35)33(51-21-25(39)19-49-31(43)11-7-3)34(52-22-26(40)20-50-32(44)12-8-4)28(14-36)46-16-24(38)18-48-30(42)10-6-2/h5-13,23-28,33-34,36-40H,14-22H2,1-4H3/t23?,24?,25?,26?,27-,28+,33+,34+/m0/s1. The molecule has 0 saturated carbocycles. The van der Waals surface area contributed by atoms with Crippen LogP contribution in [0.15, 0.2) is 48.6 Å². The maximum Gasteiger partial charge on any atom is 0.330 e. The van der Waals surface area contributed by atoms with Crippen LogP contribution in [0.25, 0.3) is 0 Å². The van der Waals surface area contributed by atoms with Gasteiger partial charge in [0.25, 0.3) is 0 Å². The maximum atomic E-state index is 12.4. The smallest absolute Gasteiger partial charge is 0.330 e. The van der Waals surface area contributed by atoms with Gasteiger partial charge in [0, 0.05) is 24.3 Å². The molecule has 4 unspecified atom stereocenters. The molecule has 0 aliphatic carbocycles. The van der Waals surface area contributed by atoms with Gasteiger partial charge in [-0.2, -0.15) is 0 Å². The first-order valence-corrected chi connectivity index (χ1v) is 16.3. The molecule has 0 radical (unpaired) electrons. The number of carbonyl (C=O) groups excluding carboxylic acids is 5. The second kappa shape index (κ2) is 29.7. The van der Waals surface area contributed by atoms with Gasteiger partial charge in [-0.1, -0.05) is 24.3 Å². The molecule has 0 aromatic rings. The summed E-state index contributed by atoms with van der Waals surface area (Å²) in [7, 11) is 0. The number of aliphatic hydroxyl groups excluding tert-OH is 5. The van der Waals surface area contributed by atoms with Crippen LogP contribution >= 0.6 is 0 Å². The van der Waals surface area contributed by atoms with E-state index in [2.05, 4.69) is 0 Å². The van der Waals surface area contributed by atoms with E-state index in [4.69, 9.17) is 37.9 Å². The first-order chi connectivity index (χ1) is 24.8. The molecular weight excluding hydrogens is 696 g/mol. The predicted octanol–water partition coefficient (Wildman–Crippen LogP) is -1.36. The van der Waals surface area contributed by atoms with Crippen molar-refractivity contribution >= 4 is 30.2 Å². The second-order valence-electron chi connectivity index (χ2n) is 10.7. The first kappa shape index (κ1) is 48.1. The Labute approximate surface area is 302 Å². The summed E-state index contributed by atoms with van der Waals surface area (Å²) in [5, 5.41) is 52.0. The number of allylic oxidation sites excluding steroid dienone is 4. The molecule has 0 heterocycles. The summed E-state index contributed by atoms with van der Waals surface area (Å²) in [5.74, 6) is -3.00. The van der Waals surface area contributed by atoms with Gasteiger partial charge in [-0.05, 0) is 27.7 Å². The average molecular weight is 749 g/mol. The second-order valence-corrected chi connectivity index (χ2v) is 10.7. The molecule has 0 aliphatic rings. The normalized spacial score (nSPS) is 16.6. The van der Waals surface area contributed by atoms with Crippen molar-refractivity contribution in [3.8, 4) is 0 Å². The summed E-state index contributed by atoms with van der Waals surface area (Å²) in [6.07, 6.45) is -1.76. The van der Waals surface area contributed by atoms with Crippen molar-refractivity contribution in [2.45, 2.75) is 76.5 Å². The van der Waals surface area contributed by atoms with Crippen LogP contribution in [-0.4, -0.2) is 164 Å². The minimum absolute atomic E-state index is 0.247. The molecule has 0 rings (SSSR count). The Hall–Kier alpha value is -3.85. The van der Waals surface area contributed by atoms with Gasteiger partial charge in [0.05, 0.1) is 33.0 Å². The van der Waals surface area contributed by atoms with Crippen molar-refractivity contribution in [3.63, 3.8) is 0 Å². The van der Waals surface area contributed by atoms with Crippen molar-refractivity contribution in [1.29, 1.82) is 0 Å². The lowest BCUT2D eigenvalue weighted by molar-refractivity contribution is -0.205. The van der Waals surface area contributed by atoms with Crippen molar-refractivity contribution in [1.82, 2.24) is 0 Å². The summed E-state index contributed by atoms with van der Waals surface area (Å²) in [6, 6.07) is 0. The summed E-state index contributed by atoms with van der Waals surface area (Å²) < 4.78 is 42.5. The van der Waals surface area contributed by atoms with Crippen LogP contribution in [-0.2, 0) is 61.9 Å². The molecule has 0 bridgehead atoms. The molecule has 8 atom stereocenters. The quantitative estimate of drug-likeness (QED) is 0.0256. The van der Waals surface area contributed by atoms with Gasteiger partial charge in [-0.25, -0.2) is 19.2 Å². The van der Waals surface area contributed by atoms with E-state index in [1.807, 2.05) is 0 Å². The topological polar surface area (TPSA) is 260 Å². The lowest BCUT2D eigenvalue weighted by Gasteiger charge is -2.36. The number of carbonyl (C=O) groups is 5. The van der Waals surface area contributed by atoms with E-state index in [0.717, 1.165) is 24.3 Å². The van der Waals surface area contributed by atoms with Gasteiger partial charge >= 0.3 is 23.9 Å². The number of ether oxygens (including phenoxy) is 8. The van der Waals surface area contributed by atoms with E-state index in [1.165, 1.54) is 24.3 Å². The molecule has 52 heavy (non-hydrogen) atoms. The summed E-state index contributed by atoms with van der Waals surface area (Å²) in [6.45, 7) is 0.947. The van der Waals surface area contributed by atoms with Crippen LogP contribution in [0.1, 0.15) is 27.7 Å². The zero-order chi connectivity index (χ0) is 39.3. The third kappa shape index (κ3) is 22.9. The Morgan fingerprint density at radius 3 is 1.10 bits per heavy atom. The number of aliphatic hydroxyl groups is 5. The van der Waals surface area contributed by atoms with E-state index in [0.29, 0.717) is 0 Å². The molecule has 0 saturated heterocycles. The molecule has 0 amide bonds. The Balaban J connectivity index is 6.33. The molecule has 0 spiro atoms. The summed E-state index contributed by atoms with van der Waals surface area (Å²) >= 11 is 0. The number of esters is 4. The van der Waals surface area contributed by atoms with Crippen molar-refractivity contribution in [2.75, 3.05) is 59.5 Å². The molecule has 0 aromatic carbocycles. The van der Waals surface area contributed by atoms with E-state index >= 15 is 0 Å². The molecule has 5 N–H and O–H groups in total. The number of aldehydes is 1. The third-order valence-electron chi connectivity index (χ3n) is 6.16. The highest BCUT2D eigenvalue weighted by atomic mass is 16.6. The van der Waals surface area contributed by atoms with Gasteiger partial charge < -0.3 is 68.2 Å². The monoisotopic (exact) mass is 748 g/mol. The molecular formula is C34H52O18. The third-order valence-corrected chi connectivity index (χ3v) is 6.16. The largest absolute Gasteiger partial charge is 0.460 e. The van der Waals surface area contributed by atoms with E-state index in [-0.39, 0.29) is 6.29 Å². The van der Waals surface area contributed by atoms with Crippen LogP contribution in [0, 0.1) is 0 Å². The molecule has 18 heteroatoms. The van der Waals surface area contributed by atoms with Crippen molar-refractivity contribution in [3.05, 3.63) is 48.6 Å². The fourth-order valence-corrected chi connectivity index (χ4v) is 3.80. The van der Waals surface area contributed by atoms with Gasteiger partial charge in [0.15, 0.2) is 6.29 Å². The molecule has 0 aromatic heterocycles. The van der Waals surface area contributed by atoms with Gasteiger partial charge in [0.2, 0.25) is 0 Å². The van der Waals surface area contributed by atoms with Crippen LogP contribution in [0.5, 0.6) is 0 Å². The zero-order valence-corrected chi connectivity index (χ0v) is 29.7. The Morgan fingerprint density at radius 2 is 0.788 bits per heavy atom. The zero-order valence-electron chi connectivity index (χ0n) is 29.7. The number of hydrogen-bond donors (Lipinski definition) is 5. The molecule has 0 aliphatic heterocycles. The van der Waals surface area contributed by atoms with Crippen molar-refractivity contribution in [2.24, 2.45) is 0 Å². The van der Waals surface area contributed by atoms with Gasteiger partial charge in [-0.15, -0.1) is 0 Å². The van der Waals surface area contributed by atoms with E-state index in [1.54, 1.807) is 27.7 Å². The SMILES string of the molecule is CC=CC(=O)OCC(O)CO[C@@H]([C@H](OCC(O)COC(=O)C=CC)[C@@H](CO)OCC(O)COC(=O)C=CC)[C@H](C=O)OCC(O)COC(=O)C=CC. The summed E-state index contributed by atoms with van der Waals surface area (Å²) in [4.78, 5) is 59.1. The predicted molar refractivity (Wildman–Crippen MR) is 179 cm³/mol. The highest BCUT2D eigenvalue weighted by Gasteiger charge is 2.39. The van der Waals surface area contributed by atoms with Crippen LogP contribution in [0.4, 0.5) is 0 Å². The summed E-state index contributed by atoms with van der Waals surface area (Å²) in [5.41, 5.74) is 0. The van der Waals surface area contributed by atoms with Crippen LogP contribution < -0.4 is 0 Å². The van der Waals surface area contributed by atoms with E-state index < -0.39 is 132 Å². The molecule has 296 valence electrons. The molecule has 0 fully saturated rings. The van der Waals surface area contributed by atoms with Crippen LogP contribution in [0.3, 0.4) is 0 Å². The number of rotatable bonds is 29. The fraction of sp³-hybridized carbons (Fsp3) is 0.618. The Bertz CT molecular complexity index is 1150. The highest BCUT2D eigenvalue weighted by molar-refractivity contribution is 5.82.